The van der Waals surface area contributed by atoms with Crippen molar-refractivity contribution in [2.75, 3.05) is 40.5 Å². The molecule has 330 valence electrons. The Morgan fingerprint density at radius 3 is 2.57 bits per heavy atom. The van der Waals surface area contributed by atoms with E-state index in [4.69, 9.17) is 28.9 Å². The van der Waals surface area contributed by atoms with Crippen molar-refractivity contribution in [3.05, 3.63) is 58.2 Å². The molecule has 3 aromatic heterocycles. The molecule has 0 saturated carbocycles. The van der Waals surface area contributed by atoms with E-state index in [1.807, 2.05) is 24.4 Å². The predicted molar refractivity (Wildman–Crippen MR) is 229 cm³/mol. The number of fused-ring (bicyclic) bond motifs is 4. The highest BCUT2D eigenvalue weighted by molar-refractivity contribution is 7.10. The number of ether oxygens (including phenoxy) is 4. The number of rotatable bonds is 10. The quantitative estimate of drug-likeness (QED) is 0.131. The second kappa shape index (κ2) is 19.8. The lowest BCUT2D eigenvalue weighted by Gasteiger charge is -2.38. The van der Waals surface area contributed by atoms with Gasteiger partial charge < -0.3 is 33.7 Å². The Bertz CT molecular complexity index is 2200. The van der Waals surface area contributed by atoms with E-state index in [-0.39, 0.29) is 44.6 Å². The maximum absolute atomic E-state index is 14.4. The maximum Gasteiger partial charge on any atom is 0.410 e. The molecule has 4 bridgehead atoms. The zero-order chi connectivity index (χ0) is 44.0. The molecular weight excluding hydrogens is 806 g/mol. The third-order valence-electron chi connectivity index (χ3n) is 11.3. The molecule has 0 spiro atoms. The number of hydrogen-bond donors (Lipinski definition) is 2. The number of aromatic nitrogens is 3. The molecular formula is C44H58FN7O8S. The van der Waals surface area contributed by atoms with Gasteiger partial charge in [0.25, 0.3) is 11.8 Å². The lowest BCUT2D eigenvalue weighted by Crippen LogP contribution is -2.58. The first-order valence-electron chi connectivity index (χ1n) is 20.9. The summed E-state index contributed by atoms with van der Waals surface area (Å²) in [6.45, 7) is 13.1. The summed E-state index contributed by atoms with van der Waals surface area (Å²) in [5.74, 6) is -2.31. The smallest absolute Gasteiger partial charge is 0.410 e. The summed E-state index contributed by atoms with van der Waals surface area (Å²) >= 11 is 1.32. The van der Waals surface area contributed by atoms with E-state index in [0.717, 1.165) is 44.0 Å². The third kappa shape index (κ3) is 10.4. The number of esters is 1. The number of carbonyl (C=O) groups excluding carboxylic acids is 4. The average molecular weight is 864 g/mol. The molecule has 3 amide bonds. The highest BCUT2D eigenvalue weighted by atomic mass is 32.1. The normalized spacial score (nSPS) is 19.1. The van der Waals surface area contributed by atoms with E-state index in [2.05, 4.69) is 48.9 Å². The van der Waals surface area contributed by atoms with Crippen LogP contribution in [0.3, 0.4) is 0 Å². The molecule has 17 heteroatoms. The molecule has 0 radical (unpaired) electrons. The monoisotopic (exact) mass is 863 g/mol. The lowest BCUT2D eigenvalue weighted by atomic mass is 9.84. The summed E-state index contributed by atoms with van der Waals surface area (Å²) in [5.41, 5.74) is 7.35. The standard InChI is InChI=1S/C44H58FN7O8S/c1-9-51-35-16-15-28-19-31(35)32(39(51)30-13-12-17-46-38(30)27(4)57-7)21-44(5,6)25-59-37(53)14-10-11-18-52(49-45)42(55)33(20-36-47-34(28)24-61-36)48-41(54)40(26(2)3)60-43(56)50-22-29(23-50)58-8/h12-13,15-17,19,24,26-27,29,33,40,49H,9-11,14,18,20-23,25H2,1-8H3,(H,48,54)/t27-,33-,40?/m0/s1. The van der Waals surface area contributed by atoms with Crippen LogP contribution in [0.1, 0.15) is 83.2 Å². The minimum atomic E-state index is -1.28. The number of methoxy groups -OCH3 is 2. The van der Waals surface area contributed by atoms with Crippen molar-refractivity contribution in [3.63, 3.8) is 0 Å². The second-order valence-electron chi connectivity index (χ2n) is 16.9. The van der Waals surface area contributed by atoms with Gasteiger partial charge in [-0.25, -0.2) is 14.8 Å². The first-order chi connectivity index (χ1) is 29.2. The van der Waals surface area contributed by atoms with Gasteiger partial charge in [0.2, 0.25) is 0 Å². The SMILES string of the molecule is CCn1c(-c2cccnc2[C@H](C)OC)c2c3cc(ccc31)-c1csc(n1)C[C@H](NC(=O)C(OC(=O)N1CC(OC)C1)C(C)C)C(=O)N(NF)CCCCC(=O)OCC(C)(C)C2. The average Bonchev–Trinajstić information content (AvgIpc) is 3.82. The summed E-state index contributed by atoms with van der Waals surface area (Å²) in [7, 11) is 3.22. The van der Waals surface area contributed by atoms with Gasteiger partial charge in [0.15, 0.2) is 6.10 Å². The summed E-state index contributed by atoms with van der Waals surface area (Å²) in [5, 5.41) is 6.95. The Balaban J connectivity index is 1.40. The van der Waals surface area contributed by atoms with Gasteiger partial charge >= 0.3 is 12.1 Å². The number of cyclic esters (lactones) is 1. The fourth-order valence-corrected chi connectivity index (χ4v) is 8.68. The molecule has 1 aromatic carbocycles. The molecule has 1 saturated heterocycles. The molecule has 5 heterocycles. The second-order valence-corrected chi connectivity index (χ2v) is 17.8. The number of pyridine rings is 1. The van der Waals surface area contributed by atoms with Crippen LogP contribution in [0.25, 0.3) is 33.4 Å². The fourth-order valence-electron chi connectivity index (χ4n) is 7.83. The first-order valence-corrected chi connectivity index (χ1v) is 21.8. The van der Waals surface area contributed by atoms with Crippen LogP contribution < -0.4 is 11.0 Å². The molecule has 2 aliphatic rings. The van der Waals surface area contributed by atoms with Crippen molar-refractivity contribution in [2.45, 2.75) is 105 Å². The third-order valence-corrected chi connectivity index (χ3v) is 12.2. The maximum atomic E-state index is 14.4. The van der Waals surface area contributed by atoms with E-state index < -0.39 is 47.4 Å². The summed E-state index contributed by atoms with van der Waals surface area (Å²) in [6.07, 6.45) is 0.630. The number of amides is 3. The van der Waals surface area contributed by atoms with Crippen LogP contribution in [0.2, 0.25) is 0 Å². The van der Waals surface area contributed by atoms with Gasteiger partial charge in [-0.05, 0) is 68.9 Å². The van der Waals surface area contributed by atoms with E-state index >= 15 is 0 Å². The predicted octanol–water partition coefficient (Wildman–Crippen LogP) is 6.59. The number of hydrogen-bond acceptors (Lipinski definition) is 12. The number of aryl methyl sites for hydroxylation is 1. The van der Waals surface area contributed by atoms with Gasteiger partial charge in [-0.3, -0.25) is 19.4 Å². The van der Waals surface area contributed by atoms with Crippen molar-refractivity contribution in [1.29, 1.82) is 0 Å². The number of benzene rings is 1. The van der Waals surface area contributed by atoms with E-state index in [0.29, 0.717) is 43.2 Å². The fraction of sp³-hybridized carbons (Fsp3) is 0.545. The number of halogens is 1. The van der Waals surface area contributed by atoms with Crippen molar-refractivity contribution < 1.29 is 42.6 Å². The van der Waals surface area contributed by atoms with Crippen molar-refractivity contribution in [2.24, 2.45) is 11.3 Å². The van der Waals surface area contributed by atoms with E-state index in [9.17, 15) is 23.7 Å². The van der Waals surface area contributed by atoms with Gasteiger partial charge in [0.1, 0.15) is 6.04 Å². The zero-order valence-corrected chi connectivity index (χ0v) is 37.1. The van der Waals surface area contributed by atoms with Crippen LogP contribution in [-0.2, 0) is 52.7 Å². The summed E-state index contributed by atoms with van der Waals surface area (Å²) < 4.78 is 39.2. The van der Waals surface area contributed by atoms with Crippen molar-refractivity contribution in [3.8, 4) is 22.5 Å². The molecule has 3 atom stereocenters. The van der Waals surface area contributed by atoms with Gasteiger partial charge in [-0.15, -0.1) is 15.8 Å². The molecule has 4 aromatic rings. The Morgan fingerprint density at radius 1 is 1.11 bits per heavy atom. The molecule has 1 fully saturated rings. The number of nitrogens with zero attached hydrogens (tertiary/aromatic N) is 5. The molecule has 15 nitrogen and oxygen atoms in total. The number of likely N-dealkylation sites (tertiary alicyclic amines) is 1. The summed E-state index contributed by atoms with van der Waals surface area (Å²) in [6, 6.07) is 8.91. The van der Waals surface area contributed by atoms with Crippen LogP contribution in [0, 0.1) is 11.3 Å². The van der Waals surface area contributed by atoms with Crippen LogP contribution in [0.5, 0.6) is 0 Å². The van der Waals surface area contributed by atoms with Crippen LogP contribution >= 0.6 is 11.3 Å². The van der Waals surface area contributed by atoms with Gasteiger partial charge in [0, 0.05) is 79.2 Å². The van der Waals surface area contributed by atoms with Crippen LogP contribution in [-0.4, -0.2) is 107 Å². The molecule has 0 aliphatic carbocycles. The minimum Gasteiger partial charge on any atom is -0.465 e. The topological polar surface area (TPSA) is 166 Å². The molecule has 1 unspecified atom stereocenters. The molecule has 2 aliphatic heterocycles. The van der Waals surface area contributed by atoms with Gasteiger partial charge in [-0.1, -0.05) is 39.4 Å². The molecule has 61 heavy (non-hydrogen) atoms. The van der Waals surface area contributed by atoms with Crippen molar-refractivity contribution >= 4 is 46.1 Å². The number of thiazole rings is 1. The Kier molecular flexibility index (Phi) is 14.8. The van der Waals surface area contributed by atoms with Crippen molar-refractivity contribution in [1.82, 2.24) is 35.4 Å². The van der Waals surface area contributed by atoms with Gasteiger partial charge in [-0.2, -0.15) is 0 Å². The molecule has 6 rings (SSSR count). The summed E-state index contributed by atoms with van der Waals surface area (Å²) in [4.78, 5) is 65.1. The number of nitrogens with one attached hydrogen (secondary N) is 2. The van der Waals surface area contributed by atoms with E-state index in [1.54, 1.807) is 34.3 Å². The van der Waals surface area contributed by atoms with E-state index in [1.165, 1.54) is 21.9 Å². The Labute approximate surface area is 360 Å². The van der Waals surface area contributed by atoms with Crippen LogP contribution in [0.15, 0.2) is 41.9 Å². The zero-order valence-electron chi connectivity index (χ0n) is 36.3. The first kappa shape index (κ1) is 45.6. The number of hydrazine groups is 1. The molecule has 2 N–H and O–H groups in total. The highest BCUT2D eigenvalue weighted by Gasteiger charge is 2.38. The number of carbonyl (C=O) groups is 4. The highest BCUT2D eigenvalue weighted by Crippen LogP contribution is 2.42. The minimum absolute atomic E-state index is 0.0632. The Hall–Kier alpha value is -4.97. The van der Waals surface area contributed by atoms with Gasteiger partial charge in [0.05, 0.1) is 54.0 Å². The van der Waals surface area contributed by atoms with Crippen LogP contribution in [0.4, 0.5) is 9.28 Å². The lowest BCUT2D eigenvalue weighted by molar-refractivity contribution is -0.147. The Morgan fingerprint density at radius 2 is 1.89 bits per heavy atom. The largest absolute Gasteiger partial charge is 0.465 e.